The number of nitrogens with one attached hydrogen (secondary N) is 2. The predicted molar refractivity (Wildman–Crippen MR) is 94.7 cm³/mol. The Hall–Kier alpha value is -2.28. The molecule has 1 aliphatic rings. The van der Waals surface area contributed by atoms with Gasteiger partial charge in [-0.15, -0.1) is 0 Å². The van der Waals surface area contributed by atoms with E-state index in [1.165, 1.54) is 17.8 Å². The fraction of sp³-hybridized carbons (Fsp3) is 0.353. The van der Waals surface area contributed by atoms with Crippen molar-refractivity contribution in [3.63, 3.8) is 0 Å². The number of aromatic amines is 1. The number of anilines is 1. The molecule has 7 heteroatoms. The highest BCUT2D eigenvalue weighted by Gasteiger charge is 2.26. The number of rotatable bonds is 5. The Morgan fingerprint density at radius 3 is 2.67 bits per heavy atom. The molecule has 0 bridgehead atoms. The smallest absolute Gasteiger partial charge is 0.253 e. The van der Waals surface area contributed by atoms with Gasteiger partial charge in [0.05, 0.1) is 0 Å². The van der Waals surface area contributed by atoms with Crippen molar-refractivity contribution in [2.75, 3.05) is 5.73 Å². The number of benzene rings is 1. The molecule has 2 aromatic rings. The van der Waals surface area contributed by atoms with Crippen LogP contribution in [0.5, 0.6) is 0 Å². The molecule has 4 N–H and O–H groups in total. The van der Waals surface area contributed by atoms with Crippen molar-refractivity contribution in [3.8, 4) is 0 Å². The van der Waals surface area contributed by atoms with Gasteiger partial charge in [-0.2, -0.15) is 0 Å². The molecule has 1 fully saturated rings. The van der Waals surface area contributed by atoms with Gasteiger partial charge in [-0.25, -0.2) is 4.98 Å². The van der Waals surface area contributed by atoms with E-state index in [1.54, 1.807) is 0 Å². The van der Waals surface area contributed by atoms with Crippen LogP contribution in [0.25, 0.3) is 0 Å². The lowest BCUT2D eigenvalue weighted by atomic mass is 10.1. The monoisotopic (exact) mass is 344 g/mol. The lowest BCUT2D eigenvalue weighted by Gasteiger charge is -2.19. The number of thioether (sulfide) groups is 1. The lowest BCUT2D eigenvalue weighted by Crippen LogP contribution is -2.35. The SMILES string of the molecule is Nc1cc(=O)[nH]c(SC(C(=O)NC2CCCC2)c2ccccc2)n1. The number of nitrogens with zero attached hydrogens (tertiary/aromatic N) is 1. The van der Waals surface area contributed by atoms with Crippen LogP contribution in [-0.2, 0) is 4.79 Å². The Balaban J connectivity index is 1.84. The van der Waals surface area contributed by atoms with Crippen molar-refractivity contribution in [2.45, 2.75) is 42.1 Å². The van der Waals surface area contributed by atoms with Crippen LogP contribution >= 0.6 is 11.8 Å². The Kier molecular flexibility index (Phi) is 5.20. The quantitative estimate of drug-likeness (QED) is 0.570. The van der Waals surface area contributed by atoms with Gasteiger partial charge < -0.3 is 16.0 Å². The first kappa shape index (κ1) is 16.6. The normalized spacial score (nSPS) is 16.0. The van der Waals surface area contributed by atoms with Crippen molar-refractivity contribution in [1.82, 2.24) is 15.3 Å². The van der Waals surface area contributed by atoms with E-state index in [2.05, 4.69) is 15.3 Å². The molecular formula is C17H20N4O2S. The number of carbonyl (C=O) groups is 1. The highest BCUT2D eigenvalue weighted by molar-refractivity contribution is 8.00. The number of carbonyl (C=O) groups excluding carboxylic acids is 1. The molecule has 1 aromatic carbocycles. The van der Waals surface area contributed by atoms with Crippen LogP contribution in [0.2, 0.25) is 0 Å². The lowest BCUT2D eigenvalue weighted by molar-refractivity contribution is -0.121. The van der Waals surface area contributed by atoms with Crippen LogP contribution in [0, 0.1) is 0 Å². The van der Waals surface area contributed by atoms with E-state index < -0.39 is 5.25 Å². The number of hydrogen-bond acceptors (Lipinski definition) is 5. The van der Waals surface area contributed by atoms with E-state index >= 15 is 0 Å². The summed E-state index contributed by atoms with van der Waals surface area (Å²) in [5.74, 6) is 0.0763. The van der Waals surface area contributed by atoms with E-state index in [-0.39, 0.29) is 23.3 Å². The summed E-state index contributed by atoms with van der Waals surface area (Å²) in [4.78, 5) is 31.1. The molecule has 0 saturated heterocycles. The molecule has 126 valence electrons. The molecule has 0 aliphatic heterocycles. The number of H-pyrrole nitrogens is 1. The van der Waals surface area contributed by atoms with Gasteiger partial charge in [-0.05, 0) is 18.4 Å². The van der Waals surface area contributed by atoms with Crippen molar-refractivity contribution in [1.29, 1.82) is 0 Å². The second kappa shape index (κ2) is 7.53. The molecule has 0 radical (unpaired) electrons. The number of amides is 1. The summed E-state index contributed by atoms with van der Waals surface area (Å²) in [6.07, 6.45) is 4.34. The molecule has 1 amide bonds. The van der Waals surface area contributed by atoms with Crippen LogP contribution in [0.15, 0.2) is 46.3 Å². The second-order valence-electron chi connectivity index (χ2n) is 5.87. The molecular weight excluding hydrogens is 324 g/mol. The number of nitrogen functional groups attached to an aromatic ring is 1. The minimum atomic E-state index is -0.489. The highest BCUT2D eigenvalue weighted by atomic mass is 32.2. The predicted octanol–water partition coefficient (Wildman–Crippen LogP) is 2.24. The van der Waals surface area contributed by atoms with Gasteiger partial charge in [-0.3, -0.25) is 9.59 Å². The molecule has 1 aliphatic carbocycles. The zero-order valence-electron chi connectivity index (χ0n) is 13.2. The highest BCUT2D eigenvalue weighted by Crippen LogP contribution is 2.34. The number of hydrogen-bond donors (Lipinski definition) is 3. The molecule has 0 spiro atoms. The van der Waals surface area contributed by atoms with Crippen LogP contribution < -0.4 is 16.6 Å². The van der Waals surface area contributed by atoms with Crippen molar-refractivity contribution < 1.29 is 4.79 Å². The van der Waals surface area contributed by atoms with Gasteiger partial charge in [0.15, 0.2) is 5.16 Å². The van der Waals surface area contributed by atoms with Crippen LogP contribution in [-0.4, -0.2) is 21.9 Å². The van der Waals surface area contributed by atoms with E-state index in [1.807, 2.05) is 30.3 Å². The maximum atomic E-state index is 12.8. The van der Waals surface area contributed by atoms with E-state index in [4.69, 9.17) is 5.73 Å². The summed E-state index contributed by atoms with van der Waals surface area (Å²) in [6, 6.07) is 10.9. The van der Waals surface area contributed by atoms with Crippen molar-refractivity contribution in [3.05, 3.63) is 52.3 Å². The molecule has 1 saturated carbocycles. The summed E-state index contributed by atoms with van der Waals surface area (Å²) in [5, 5.41) is 2.97. The second-order valence-corrected chi connectivity index (χ2v) is 6.97. The fourth-order valence-corrected chi connectivity index (χ4v) is 3.88. The average molecular weight is 344 g/mol. The third-order valence-electron chi connectivity index (χ3n) is 4.01. The first-order chi connectivity index (χ1) is 11.6. The summed E-state index contributed by atoms with van der Waals surface area (Å²) in [6.45, 7) is 0. The largest absolute Gasteiger partial charge is 0.383 e. The van der Waals surface area contributed by atoms with E-state index in [0.717, 1.165) is 31.2 Å². The van der Waals surface area contributed by atoms with Gasteiger partial charge >= 0.3 is 0 Å². The third-order valence-corrected chi connectivity index (χ3v) is 5.15. The standard InChI is InChI=1S/C17H20N4O2S/c18-13-10-14(22)21-17(20-13)24-15(11-6-2-1-3-7-11)16(23)19-12-8-4-5-9-12/h1-3,6-7,10,12,15H,4-5,8-9H2,(H,19,23)(H3,18,20,21,22). The fourth-order valence-electron chi connectivity index (χ4n) is 2.87. The van der Waals surface area contributed by atoms with Crippen LogP contribution in [0.4, 0.5) is 5.82 Å². The molecule has 1 heterocycles. The minimum absolute atomic E-state index is 0.0665. The summed E-state index contributed by atoms with van der Waals surface area (Å²) >= 11 is 1.20. The van der Waals surface area contributed by atoms with Gasteiger partial charge in [0, 0.05) is 12.1 Å². The molecule has 1 atom stereocenters. The van der Waals surface area contributed by atoms with Gasteiger partial charge in [0.1, 0.15) is 11.1 Å². The first-order valence-corrected chi connectivity index (χ1v) is 8.88. The van der Waals surface area contributed by atoms with Crippen LogP contribution in [0.3, 0.4) is 0 Å². The van der Waals surface area contributed by atoms with Gasteiger partial charge in [0.25, 0.3) is 5.56 Å². The molecule has 6 nitrogen and oxygen atoms in total. The maximum Gasteiger partial charge on any atom is 0.253 e. The maximum absolute atomic E-state index is 12.8. The average Bonchev–Trinajstić information content (AvgIpc) is 3.05. The minimum Gasteiger partial charge on any atom is -0.383 e. The molecule has 24 heavy (non-hydrogen) atoms. The van der Waals surface area contributed by atoms with Gasteiger partial charge in [-0.1, -0.05) is 54.9 Å². The zero-order valence-corrected chi connectivity index (χ0v) is 14.0. The van der Waals surface area contributed by atoms with E-state index in [9.17, 15) is 9.59 Å². The third kappa shape index (κ3) is 4.17. The molecule has 1 aromatic heterocycles. The topological polar surface area (TPSA) is 101 Å². The van der Waals surface area contributed by atoms with Crippen LogP contribution in [0.1, 0.15) is 36.5 Å². The molecule has 3 rings (SSSR count). The summed E-state index contributed by atoms with van der Waals surface area (Å²) < 4.78 is 0. The first-order valence-electron chi connectivity index (χ1n) is 8.00. The Morgan fingerprint density at radius 1 is 1.29 bits per heavy atom. The Labute approximate surface area is 144 Å². The molecule has 1 unspecified atom stereocenters. The van der Waals surface area contributed by atoms with Crippen molar-refractivity contribution in [2.24, 2.45) is 0 Å². The summed E-state index contributed by atoms with van der Waals surface area (Å²) in [7, 11) is 0. The Morgan fingerprint density at radius 2 is 2.00 bits per heavy atom. The van der Waals surface area contributed by atoms with Crippen molar-refractivity contribution >= 4 is 23.5 Å². The number of nitrogens with two attached hydrogens (primary N) is 1. The Bertz CT molecular complexity index is 757. The van der Waals surface area contributed by atoms with E-state index in [0.29, 0.717) is 5.16 Å². The number of aromatic nitrogens is 2. The zero-order chi connectivity index (χ0) is 16.9. The van der Waals surface area contributed by atoms with Gasteiger partial charge in [0.2, 0.25) is 5.91 Å². The summed E-state index contributed by atoms with van der Waals surface area (Å²) in [5.41, 5.74) is 6.18.